The minimum atomic E-state index is 0.954. The molecule has 1 aromatic rings. The molecule has 3 heteroatoms. The fourth-order valence-corrected chi connectivity index (χ4v) is 2.93. The van der Waals surface area contributed by atoms with Gasteiger partial charge in [-0.1, -0.05) is 0 Å². The van der Waals surface area contributed by atoms with Crippen LogP contribution in [0.3, 0.4) is 0 Å². The van der Waals surface area contributed by atoms with Crippen molar-refractivity contribution in [1.82, 2.24) is 5.43 Å². The molecule has 1 heterocycles. The highest BCUT2D eigenvalue weighted by Crippen LogP contribution is 2.34. The summed E-state index contributed by atoms with van der Waals surface area (Å²) < 4.78 is 5.32. The van der Waals surface area contributed by atoms with Gasteiger partial charge in [-0.25, -0.2) is 5.43 Å². The molecule has 96 valence electrons. The third-order valence-corrected chi connectivity index (χ3v) is 3.91. The smallest absolute Gasteiger partial charge is 0.121 e. The summed E-state index contributed by atoms with van der Waals surface area (Å²) in [6, 6.07) is 6.37. The second kappa shape index (κ2) is 4.65. The number of nitrogens with zero attached hydrogens (tertiary/aromatic N) is 1. The highest BCUT2D eigenvalue weighted by atomic mass is 16.5. The molecule has 0 fully saturated rings. The van der Waals surface area contributed by atoms with Crippen LogP contribution < -0.4 is 15.2 Å². The van der Waals surface area contributed by atoms with Crippen LogP contribution in [0.25, 0.3) is 0 Å². The Morgan fingerprint density at radius 2 is 2.06 bits per heavy atom. The number of aryl methyl sites for hydroxylation is 1. The van der Waals surface area contributed by atoms with Crippen LogP contribution in [0.15, 0.2) is 29.5 Å². The van der Waals surface area contributed by atoms with Crippen molar-refractivity contribution in [3.05, 3.63) is 35.0 Å². The van der Waals surface area contributed by atoms with Gasteiger partial charge in [-0.15, -0.1) is 0 Å². The van der Waals surface area contributed by atoms with E-state index in [1.807, 2.05) is 6.07 Å². The van der Waals surface area contributed by atoms with Gasteiger partial charge in [-0.3, -0.25) is 5.01 Å². The van der Waals surface area contributed by atoms with E-state index in [0.29, 0.717) is 0 Å². The number of methoxy groups -OCH3 is 1. The van der Waals surface area contributed by atoms with Crippen LogP contribution in [-0.4, -0.2) is 13.7 Å². The maximum absolute atomic E-state index is 5.32. The average molecular weight is 244 g/mol. The minimum Gasteiger partial charge on any atom is -0.496 e. The van der Waals surface area contributed by atoms with E-state index in [1.54, 1.807) is 12.7 Å². The first kappa shape index (κ1) is 11.6. The maximum atomic E-state index is 5.32. The van der Waals surface area contributed by atoms with Crippen LogP contribution in [0.1, 0.15) is 31.2 Å². The molecule has 0 saturated carbocycles. The van der Waals surface area contributed by atoms with Crippen LogP contribution in [0, 0.1) is 6.92 Å². The Kier molecular flexibility index (Phi) is 3.00. The molecule has 2 aliphatic rings. The molecular formula is C15H20N2O. The molecule has 0 aromatic heterocycles. The van der Waals surface area contributed by atoms with Gasteiger partial charge in [0.05, 0.1) is 12.8 Å². The number of anilines is 1. The summed E-state index contributed by atoms with van der Waals surface area (Å²) in [5.74, 6) is 0.954. The molecule has 1 aliphatic heterocycles. The van der Waals surface area contributed by atoms with E-state index in [4.69, 9.17) is 4.74 Å². The lowest BCUT2D eigenvalue weighted by Gasteiger charge is -2.25. The van der Waals surface area contributed by atoms with Gasteiger partial charge in [-0.05, 0) is 61.9 Å². The first-order chi connectivity index (χ1) is 8.79. The van der Waals surface area contributed by atoms with Crippen LogP contribution >= 0.6 is 0 Å². The third kappa shape index (κ3) is 1.89. The molecule has 1 aromatic carbocycles. The standard InChI is InChI=1S/C15H20N2O/c1-11-9-13(7-8-15(11)18-2)17-14-6-4-3-5-12(14)10-16-17/h7-9,16H,3-6,10H2,1-2H3. The van der Waals surface area contributed by atoms with Crippen molar-refractivity contribution in [3.63, 3.8) is 0 Å². The first-order valence-electron chi connectivity index (χ1n) is 6.69. The summed E-state index contributed by atoms with van der Waals surface area (Å²) in [5, 5.41) is 2.26. The molecule has 18 heavy (non-hydrogen) atoms. The van der Waals surface area contributed by atoms with Gasteiger partial charge in [0.1, 0.15) is 5.75 Å². The molecule has 3 nitrogen and oxygen atoms in total. The molecular weight excluding hydrogens is 224 g/mol. The van der Waals surface area contributed by atoms with Crippen LogP contribution in [0.4, 0.5) is 5.69 Å². The number of hydrogen-bond acceptors (Lipinski definition) is 3. The summed E-state index contributed by atoms with van der Waals surface area (Å²) in [7, 11) is 1.72. The monoisotopic (exact) mass is 244 g/mol. The lowest BCUT2D eigenvalue weighted by atomic mass is 9.97. The molecule has 0 spiro atoms. The van der Waals surface area contributed by atoms with Gasteiger partial charge < -0.3 is 4.74 Å². The minimum absolute atomic E-state index is 0.954. The summed E-state index contributed by atoms with van der Waals surface area (Å²) in [4.78, 5) is 0. The summed E-state index contributed by atoms with van der Waals surface area (Å²) in [6.45, 7) is 3.11. The predicted molar refractivity (Wildman–Crippen MR) is 73.7 cm³/mol. The van der Waals surface area contributed by atoms with Gasteiger partial charge in [0, 0.05) is 12.2 Å². The zero-order valence-electron chi connectivity index (χ0n) is 11.1. The molecule has 0 radical (unpaired) electrons. The molecule has 0 amide bonds. The zero-order chi connectivity index (χ0) is 12.5. The molecule has 1 N–H and O–H groups in total. The van der Waals surface area contributed by atoms with Crippen molar-refractivity contribution >= 4 is 5.69 Å². The Morgan fingerprint density at radius 1 is 1.22 bits per heavy atom. The number of benzene rings is 1. The maximum Gasteiger partial charge on any atom is 0.121 e. The number of hydrogen-bond donors (Lipinski definition) is 1. The quantitative estimate of drug-likeness (QED) is 0.865. The van der Waals surface area contributed by atoms with Crippen molar-refractivity contribution in [1.29, 1.82) is 0 Å². The van der Waals surface area contributed by atoms with Gasteiger partial charge in [0.2, 0.25) is 0 Å². The Balaban J connectivity index is 1.91. The zero-order valence-corrected chi connectivity index (χ0v) is 11.1. The normalized spacial score (nSPS) is 19.1. The molecule has 0 unspecified atom stereocenters. The number of ether oxygens (including phenoxy) is 1. The summed E-state index contributed by atoms with van der Waals surface area (Å²) in [5.41, 5.74) is 8.99. The van der Waals surface area contributed by atoms with Crippen molar-refractivity contribution in [3.8, 4) is 5.75 Å². The fourth-order valence-electron chi connectivity index (χ4n) is 2.93. The van der Waals surface area contributed by atoms with E-state index in [2.05, 4.69) is 29.5 Å². The van der Waals surface area contributed by atoms with Crippen LogP contribution in [-0.2, 0) is 0 Å². The van der Waals surface area contributed by atoms with Crippen LogP contribution in [0.2, 0.25) is 0 Å². The second-order valence-corrected chi connectivity index (χ2v) is 5.08. The van der Waals surface area contributed by atoms with E-state index in [1.165, 1.54) is 42.6 Å². The molecule has 0 saturated heterocycles. The Bertz CT molecular complexity index is 493. The Labute approximate surface area is 108 Å². The molecule has 3 rings (SSSR count). The highest BCUT2D eigenvalue weighted by molar-refractivity contribution is 5.58. The number of nitrogens with one attached hydrogen (secondary N) is 1. The lowest BCUT2D eigenvalue weighted by Crippen LogP contribution is -2.31. The van der Waals surface area contributed by atoms with Crippen molar-refractivity contribution in [2.24, 2.45) is 0 Å². The van der Waals surface area contributed by atoms with Gasteiger partial charge >= 0.3 is 0 Å². The molecule has 0 bridgehead atoms. The number of hydrazine groups is 1. The van der Waals surface area contributed by atoms with E-state index >= 15 is 0 Å². The number of allylic oxidation sites excluding steroid dienone is 1. The Morgan fingerprint density at radius 3 is 2.83 bits per heavy atom. The first-order valence-corrected chi connectivity index (χ1v) is 6.69. The van der Waals surface area contributed by atoms with Gasteiger partial charge in [-0.2, -0.15) is 0 Å². The fraction of sp³-hybridized carbons (Fsp3) is 0.467. The van der Waals surface area contributed by atoms with Gasteiger partial charge in [0.15, 0.2) is 0 Å². The van der Waals surface area contributed by atoms with Crippen molar-refractivity contribution in [2.45, 2.75) is 32.6 Å². The average Bonchev–Trinajstić information content (AvgIpc) is 2.82. The molecule has 1 aliphatic carbocycles. The van der Waals surface area contributed by atoms with Crippen molar-refractivity contribution < 1.29 is 4.74 Å². The Hall–Kier alpha value is -1.48. The van der Waals surface area contributed by atoms with Crippen LogP contribution in [0.5, 0.6) is 5.75 Å². The predicted octanol–water partition coefficient (Wildman–Crippen LogP) is 3.16. The van der Waals surface area contributed by atoms with Gasteiger partial charge in [0.25, 0.3) is 0 Å². The van der Waals surface area contributed by atoms with E-state index in [9.17, 15) is 0 Å². The summed E-state index contributed by atoms with van der Waals surface area (Å²) >= 11 is 0. The topological polar surface area (TPSA) is 24.5 Å². The lowest BCUT2D eigenvalue weighted by molar-refractivity contribution is 0.411. The highest BCUT2D eigenvalue weighted by Gasteiger charge is 2.25. The number of rotatable bonds is 2. The third-order valence-electron chi connectivity index (χ3n) is 3.91. The molecule has 0 atom stereocenters. The van der Waals surface area contributed by atoms with E-state index in [-0.39, 0.29) is 0 Å². The largest absolute Gasteiger partial charge is 0.496 e. The van der Waals surface area contributed by atoms with E-state index < -0.39 is 0 Å². The second-order valence-electron chi connectivity index (χ2n) is 5.08. The summed E-state index contributed by atoms with van der Waals surface area (Å²) in [6.07, 6.45) is 5.11. The van der Waals surface area contributed by atoms with Crippen molar-refractivity contribution in [2.75, 3.05) is 18.7 Å². The SMILES string of the molecule is COc1ccc(N2NCC3=C2CCCC3)cc1C. The van der Waals surface area contributed by atoms with E-state index in [0.717, 1.165) is 12.3 Å².